The van der Waals surface area contributed by atoms with Gasteiger partial charge in [0, 0.05) is 17.1 Å². The Balaban J connectivity index is 2.04. The second-order valence-electron chi connectivity index (χ2n) is 4.49. The molecular formula is C15H17ClN2OS. The monoisotopic (exact) mass is 308 g/mol. The maximum absolute atomic E-state index is 12.3. The Labute approximate surface area is 128 Å². The molecule has 5 heteroatoms. The Morgan fingerprint density at radius 3 is 2.65 bits per heavy atom. The molecule has 2 aromatic rings. The fraction of sp³-hybridized carbons (Fsp3) is 0.267. The van der Waals surface area contributed by atoms with E-state index >= 15 is 0 Å². The number of para-hydroxylation sites is 1. The molecule has 0 spiro atoms. The van der Waals surface area contributed by atoms with E-state index in [-0.39, 0.29) is 5.91 Å². The van der Waals surface area contributed by atoms with Gasteiger partial charge in [0.25, 0.3) is 0 Å². The lowest BCUT2D eigenvalue weighted by molar-refractivity contribution is -0.130. The van der Waals surface area contributed by atoms with Crippen LogP contribution in [0.3, 0.4) is 0 Å². The van der Waals surface area contributed by atoms with Crippen LogP contribution in [0, 0.1) is 0 Å². The normalized spacial score (nSPS) is 10.5. The molecule has 2 N–H and O–H groups in total. The van der Waals surface area contributed by atoms with E-state index in [9.17, 15) is 4.79 Å². The quantitative estimate of drug-likeness (QED) is 0.858. The summed E-state index contributed by atoms with van der Waals surface area (Å²) in [6.07, 6.45) is 0.333. The summed E-state index contributed by atoms with van der Waals surface area (Å²) in [5.41, 5.74) is 7.42. The van der Waals surface area contributed by atoms with Crippen LogP contribution in [0.1, 0.15) is 17.4 Å². The van der Waals surface area contributed by atoms with Crippen LogP contribution in [0.25, 0.3) is 0 Å². The third kappa shape index (κ3) is 3.74. The predicted molar refractivity (Wildman–Crippen MR) is 85.0 cm³/mol. The summed E-state index contributed by atoms with van der Waals surface area (Å²) in [6.45, 7) is 3.24. The van der Waals surface area contributed by atoms with E-state index in [0.29, 0.717) is 25.2 Å². The van der Waals surface area contributed by atoms with Crippen molar-refractivity contribution in [3.8, 4) is 0 Å². The Morgan fingerprint density at radius 1 is 1.30 bits per heavy atom. The van der Waals surface area contributed by atoms with Crippen LogP contribution in [0.2, 0.25) is 4.34 Å². The molecular weight excluding hydrogens is 292 g/mol. The molecule has 106 valence electrons. The molecule has 0 saturated carbocycles. The first-order chi connectivity index (χ1) is 9.60. The van der Waals surface area contributed by atoms with Crippen LogP contribution in [-0.2, 0) is 17.8 Å². The summed E-state index contributed by atoms with van der Waals surface area (Å²) in [7, 11) is 0. The van der Waals surface area contributed by atoms with Crippen molar-refractivity contribution < 1.29 is 4.79 Å². The Morgan fingerprint density at radius 2 is 2.05 bits per heavy atom. The van der Waals surface area contributed by atoms with Crippen molar-refractivity contribution in [2.45, 2.75) is 19.9 Å². The molecule has 0 atom stereocenters. The molecule has 0 aliphatic rings. The van der Waals surface area contributed by atoms with Gasteiger partial charge in [-0.25, -0.2) is 0 Å². The largest absolute Gasteiger partial charge is 0.398 e. The minimum absolute atomic E-state index is 0.0786. The van der Waals surface area contributed by atoms with E-state index in [4.69, 9.17) is 17.3 Å². The maximum Gasteiger partial charge on any atom is 0.227 e. The molecule has 0 aliphatic heterocycles. The number of thiophene rings is 1. The smallest absolute Gasteiger partial charge is 0.227 e. The second-order valence-corrected chi connectivity index (χ2v) is 6.29. The molecule has 3 nitrogen and oxygen atoms in total. The average Bonchev–Trinajstić information content (AvgIpc) is 2.84. The molecule has 0 aliphatic carbocycles. The Kier molecular flexibility index (Phi) is 5.04. The van der Waals surface area contributed by atoms with Crippen LogP contribution in [0.5, 0.6) is 0 Å². The predicted octanol–water partition coefficient (Wildman–Crippen LogP) is 3.57. The lowest BCUT2D eigenvalue weighted by atomic mass is 10.1. The molecule has 0 unspecified atom stereocenters. The van der Waals surface area contributed by atoms with Gasteiger partial charge in [-0.1, -0.05) is 29.8 Å². The van der Waals surface area contributed by atoms with Crippen molar-refractivity contribution >= 4 is 34.5 Å². The average molecular weight is 309 g/mol. The van der Waals surface area contributed by atoms with E-state index in [1.54, 1.807) is 0 Å². The highest BCUT2D eigenvalue weighted by Gasteiger charge is 2.14. The molecule has 2 rings (SSSR count). The maximum atomic E-state index is 12.3. The summed E-state index contributed by atoms with van der Waals surface area (Å²) >= 11 is 7.42. The number of benzene rings is 1. The lowest BCUT2D eigenvalue weighted by Crippen LogP contribution is -2.31. The lowest BCUT2D eigenvalue weighted by Gasteiger charge is -2.20. The number of nitrogen functional groups attached to an aromatic ring is 1. The number of likely N-dealkylation sites (N-methyl/N-ethyl adjacent to an activating group) is 1. The van der Waals surface area contributed by atoms with Gasteiger partial charge in [-0.2, -0.15) is 0 Å². The first-order valence-electron chi connectivity index (χ1n) is 6.45. The third-order valence-electron chi connectivity index (χ3n) is 3.11. The standard InChI is InChI=1S/C15H17ClN2OS/c1-2-18(10-12-7-8-14(16)20-12)15(19)9-11-5-3-4-6-13(11)17/h3-8H,2,9-10,17H2,1H3. The van der Waals surface area contributed by atoms with Gasteiger partial charge in [0.15, 0.2) is 0 Å². The number of hydrogen-bond acceptors (Lipinski definition) is 3. The first kappa shape index (κ1) is 14.9. The molecule has 0 saturated heterocycles. The van der Waals surface area contributed by atoms with Crippen molar-refractivity contribution in [2.24, 2.45) is 0 Å². The molecule has 0 fully saturated rings. The number of rotatable bonds is 5. The molecule has 1 amide bonds. The van der Waals surface area contributed by atoms with Crippen molar-refractivity contribution in [1.29, 1.82) is 0 Å². The summed E-state index contributed by atoms with van der Waals surface area (Å²) in [5.74, 6) is 0.0786. The number of amides is 1. The van der Waals surface area contributed by atoms with Crippen molar-refractivity contribution in [2.75, 3.05) is 12.3 Å². The molecule has 1 aromatic carbocycles. The number of anilines is 1. The minimum atomic E-state index is 0.0786. The Hall–Kier alpha value is -1.52. The number of hydrogen-bond donors (Lipinski definition) is 1. The zero-order chi connectivity index (χ0) is 14.5. The molecule has 0 radical (unpaired) electrons. The Bertz CT molecular complexity index is 597. The summed E-state index contributed by atoms with van der Waals surface area (Å²) in [6, 6.07) is 11.3. The van der Waals surface area contributed by atoms with Gasteiger partial charge >= 0.3 is 0 Å². The molecule has 1 heterocycles. The number of nitrogens with two attached hydrogens (primary N) is 1. The van der Waals surface area contributed by atoms with Crippen molar-refractivity contribution in [3.63, 3.8) is 0 Å². The molecule has 1 aromatic heterocycles. The number of nitrogens with zero attached hydrogens (tertiary/aromatic N) is 1. The fourth-order valence-electron chi connectivity index (χ4n) is 1.97. The van der Waals surface area contributed by atoms with E-state index in [2.05, 4.69) is 0 Å². The number of carbonyl (C=O) groups is 1. The SMILES string of the molecule is CCN(Cc1ccc(Cl)s1)C(=O)Cc1ccccc1N. The molecule has 0 bridgehead atoms. The topological polar surface area (TPSA) is 46.3 Å². The summed E-state index contributed by atoms with van der Waals surface area (Å²) < 4.78 is 0.746. The first-order valence-corrected chi connectivity index (χ1v) is 7.65. The second kappa shape index (κ2) is 6.77. The highest BCUT2D eigenvalue weighted by molar-refractivity contribution is 7.16. The van der Waals surface area contributed by atoms with Crippen molar-refractivity contribution in [1.82, 2.24) is 4.90 Å². The van der Waals surface area contributed by atoms with E-state index in [1.165, 1.54) is 11.3 Å². The van der Waals surface area contributed by atoms with Gasteiger partial charge < -0.3 is 10.6 Å². The highest BCUT2D eigenvalue weighted by Crippen LogP contribution is 2.23. The van der Waals surface area contributed by atoms with E-state index in [0.717, 1.165) is 14.8 Å². The third-order valence-corrected chi connectivity index (χ3v) is 4.32. The number of halogens is 1. The van der Waals surface area contributed by atoms with Crippen molar-refractivity contribution in [3.05, 3.63) is 51.2 Å². The van der Waals surface area contributed by atoms with Gasteiger partial charge in [-0.15, -0.1) is 11.3 Å². The van der Waals surface area contributed by atoms with E-state index < -0.39 is 0 Å². The van der Waals surface area contributed by atoms with Gasteiger partial charge in [0.05, 0.1) is 17.3 Å². The zero-order valence-electron chi connectivity index (χ0n) is 11.3. The molecule has 20 heavy (non-hydrogen) atoms. The fourth-order valence-corrected chi connectivity index (χ4v) is 3.07. The van der Waals surface area contributed by atoms with Crippen LogP contribution in [0.4, 0.5) is 5.69 Å². The summed E-state index contributed by atoms with van der Waals surface area (Å²) in [5, 5.41) is 0. The highest BCUT2D eigenvalue weighted by atomic mass is 35.5. The van der Waals surface area contributed by atoms with Crippen LogP contribution in [-0.4, -0.2) is 17.4 Å². The minimum Gasteiger partial charge on any atom is -0.398 e. The van der Waals surface area contributed by atoms with Gasteiger partial charge in [0.2, 0.25) is 5.91 Å². The van der Waals surface area contributed by atoms with Crippen LogP contribution >= 0.6 is 22.9 Å². The van der Waals surface area contributed by atoms with Gasteiger partial charge in [-0.05, 0) is 30.7 Å². The zero-order valence-corrected chi connectivity index (χ0v) is 12.9. The summed E-state index contributed by atoms with van der Waals surface area (Å²) in [4.78, 5) is 15.3. The van der Waals surface area contributed by atoms with Crippen LogP contribution in [0.15, 0.2) is 36.4 Å². The number of carbonyl (C=O) groups excluding carboxylic acids is 1. The van der Waals surface area contributed by atoms with Gasteiger partial charge in [0.1, 0.15) is 0 Å². The van der Waals surface area contributed by atoms with E-state index in [1.807, 2.05) is 48.2 Å². The van der Waals surface area contributed by atoms with Gasteiger partial charge in [-0.3, -0.25) is 4.79 Å². The van der Waals surface area contributed by atoms with Crippen LogP contribution < -0.4 is 5.73 Å².